The summed E-state index contributed by atoms with van der Waals surface area (Å²) >= 11 is 0. The van der Waals surface area contributed by atoms with E-state index in [-0.39, 0.29) is 5.41 Å². The Morgan fingerprint density at radius 2 is 2.00 bits per heavy atom. The van der Waals surface area contributed by atoms with Gasteiger partial charge in [0.15, 0.2) is 0 Å². The molecule has 4 rings (SSSR count). The number of nitrogens with zero attached hydrogens (tertiary/aromatic N) is 1. The van der Waals surface area contributed by atoms with Gasteiger partial charge in [-0.05, 0) is 48.2 Å². The zero-order valence-electron chi connectivity index (χ0n) is 13.8. The molecule has 0 saturated carbocycles. The fourth-order valence-corrected chi connectivity index (χ4v) is 3.92. The van der Waals surface area contributed by atoms with E-state index in [9.17, 15) is 0 Å². The second-order valence-corrected chi connectivity index (χ2v) is 6.81. The summed E-state index contributed by atoms with van der Waals surface area (Å²) in [6.07, 6.45) is 1.13. The molecule has 1 unspecified atom stereocenters. The molecule has 3 heteroatoms. The maximum atomic E-state index is 5.75. The largest absolute Gasteiger partial charge is 0.497 e. The first-order valence-electron chi connectivity index (χ1n) is 8.27. The number of benzene rings is 2. The Labute approximate surface area is 137 Å². The molecule has 120 valence electrons. The monoisotopic (exact) mass is 309 g/mol. The molecular weight excluding hydrogens is 286 g/mol. The van der Waals surface area contributed by atoms with Crippen LogP contribution in [0.3, 0.4) is 0 Å². The van der Waals surface area contributed by atoms with E-state index in [1.165, 1.54) is 22.4 Å². The summed E-state index contributed by atoms with van der Waals surface area (Å²) in [7, 11) is 1.71. The molecule has 23 heavy (non-hydrogen) atoms. The van der Waals surface area contributed by atoms with Gasteiger partial charge in [0, 0.05) is 30.8 Å². The van der Waals surface area contributed by atoms with Gasteiger partial charge in [-0.15, -0.1) is 0 Å². The number of anilines is 1. The first-order chi connectivity index (χ1) is 11.2. The summed E-state index contributed by atoms with van der Waals surface area (Å²) in [5.74, 6) is 0.909. The van der Waals surface area contributed by atoms with Gasteiger partial charge in [-0.3, -0.25) is 0 Å². The Balaban J connectivity index is 1.65. The number of hydrogen-bond acceptors (Lipinski definition) is 3. The van der Waals surface area contributed by atoms with Crippen molar-refractivity contribution in [1.82, 2.24) is 0 Å². The molecule has 3 nitrogen and oxygen atoms in total. The lowest BCUT2D eigenvalue weighted by molar-refractivity contribution is 0.180. The zero-order chi connectivity index (χ0) is 15.9. The maximum Gasteiger partial charge on any atom is 0.118 e. The minimum atomic E-state index is 0.190. The topological polar surface area (TPSA) is 21.7 Å². The van der Waals surface area contributed by atoms with E-state index in [1.807, 2.05) is 12.1 Å². The fourth-order valence-electron chi connectivity index (χ4n) is 3.92. The van der Waals surface area contributed by atoms with Crippen LogP contribution in [0.25, 0.3) is 0 Å². The third kappa shape index (κ3) is 2.49. The van der Waals surface area contributed by atoms with Gasteiger partial charge >= 0.3 is 0 Å². The van der Waals surface area contributed by atoms with Crippen molar-refractivity contribution < 1.29 is 9.47 Å². The van der Waals surface area contributed by atoms with Gasteiger partial charge in [-0.2, -0.15) is 0 Å². The molecule has 0 amide bonds. The minimum absolute atomic E-state index is 0.190. The SMILES string of the molecule is COc1ccc(CN2CC3(CCOC3)c3ccc(C)cc32)cc1. The molecule has 2 aliphatic rings. The Morgan fingerprint density at radius 1 is 1.17 bits per heavy atom. The number of rotatable bonds is 3. The van der Waals surface area contributed by atoms with Gasteiger partial charge in [0.25, 0.3) is 0 Å². The van der Waals surface area contributed by atoms with E-state index >= 15 is 0 Å². The second kappa shape index (κ2) is 5.57. The van der Waals surface area contributed by atoms with Crippen molar-refractivity contribution in [3.63, 3.8) is 0 Å². The van der Waals surface area contributed by atoms with Crippen molar-refractivity contribution in [2.24, 2.45) is 0 Å². The van der Waals surface area contributed by atoms with Crippen LogP contribution in [0.1, 0.15) is 23.1 Å². The average molecular weight is 309 g/mol. The van der Waals surface area contributed by atoms with Gasteiger partial charge in [-0.1, -0.05) is 24.3 Å². The summed E-state index contributed by atoms with van der Waals surface area (Å²) in [5.41, 5.74) is 5.67. The smallest absolute Gasteiger partial charge is 0.118 e. The Morgan fingerprint density at radius 3 is 2.70 bits per heavy atom. The summed E-state index contributed by atoms with van der Waals surface area (Å²) < 4.78 is 11.0. The second-order valence-electron chi connectivity index (χ2n) is 6.81. The van der Waals surface area contributed by atoms with E-state index in [2.05, 4.69) is 42.2 Å². The molecule has 0 bridgehead atoms. The molecule has 2 aromatic rings. The molecule has 1 saturated heterocycles. The van der Waals surface area contributed by atoms with E-state index in [4.69, 9.17) is 9.47 Å². The first-order valence-corrected chi connectivity index (χ1v) is 8.27. The Kier molecular flexibility index (Phi) is 3.53. The summed E-state index contributed by atoms with van der Waals surface area (Å²) in [5, 5.41) is 0. The lowest BCUT2D eigenvalue weighted by Crippen LogP contribution is -2.33. The van der Waals surface area contributed by atoms with Crippen LogP contribution >= 0.6 is 0 Å². The highest BCUT2D eigenvalue weighted by Gasteiger charge is 2.45. The van der Waals surface area contributed by atoms with Crippen LogP contribution in [-0.2, 0) is 16.7 Å². The van der Waals surface area contributed by atoms with Crippen molar-refractivity contribution in [3.8, 4) is 5.75 Å². The molecule has 0 radical (unpaired) electrons. The third-order valence-corrected chi connectivity index (χ3v) is 5.19. The van der Waals surface area contributed by atoms with Crippen LogP contribution in [0.5, 0.6) is 5.75 Å². The van der Waals surface area contributed by atoms with Gasteiger partial charge in [0.1, 0.15) is 5.75 Å². The highest BCUT2D eigenvalue weighted by atomic mass is 16.5. The quantitative estimate of drug-likeness (QED) is 0.863. The van der Waals surface area contributed by atoms with E-state index in [0.717, 1.165) is 38.5 Å². The molecule has 2 aromatic carbocycles. The van der Waals surface area contributed by atoms with Crippen molar-refractivity contribution in [2.45, 2.75) is 25.3 Å². The lowest BCUT2D eigenvalue weighted by Gasteiger charge is -2.24. The van der Waals surface area contributed by atoms with Gasteiger partial charge < -0.3 is 14.4 Å². The van der Waals surface area contributed by atoms with Crippen molar-refractivity contribution in [2.75, 3.05) is 31.8 Å². The van der Waals surface area contributed by atoms with Crippen LogP contribution in [-0.4, -0.2) is 26.9 Å². The third-order valence-electron chi connectivity index (χ3n) is 5.19. The Hall–Kier alpha value is -2.00. The van der Waals surface area contributed by atoms with Crippen molar-refractivity contribution in [1.29, 1.82) is 0 Å². The normalized spacial score (nSPS) is 22.6. The van der Waals surface area contributed by atoms with E-state index in [1.54, 1.807) is 7.11 Å². The van der Waals surface area contributed by atoms with Crippen LogP contribution < -0.4 is 9.64 Å². The van der Waals surface area contributed by atoms with Crippen LogP contribution in [0.2, 0.25) is 0 Å². The number of methoxy groups -OCH3 is 1. The molecule has 0 N–H and O–H groups in total. The van der Waals surface area contributed by atoms with Crippen molar-refractivity contribution in [3.05, 3.63) is 59.2 Å². The van der Waals surface area contributed by atoms with Crippen LogP contribution in [0, 0.1) is 6.92 Å². The molecule has 0 aromatic heterocycles. The van der Waals surface area contributed by atoms with E-state index in [0.29, 0.717) is 0 Å². The standard InChI is InChI=1S/C20H23NO2/c1-15-3-8-18-19(11-15)21(13-20(18)9-10-23-14-20)12-16-4-6-17(22-2)7-5-16/h3-8,11H,9-10,12-14H2,1-2H3. The van der Waals surface area contributed by atoms with Crippen LogP contribution in [0.4, 0.5) is 5.69 Å². The summed E-state index contributed by atoms with van der Waals surface area (Å²) in [6.45, 7) is 5.88. The predicted octanol–water partition coefficient (Wildman–Crippen LogP) is 3.68. The number of hydrogen-bond donors (Lipinski definition) is 0. The summed E-state index contributed by atoms with van der Waals surface area (Å²) in [4.78, 5) is 2.51. The average Bonchev–Trinajstić information content (AvgIpc) is 3.15. The number of ether oxygens (including phenoxy) is 2. The van der Waals surface area contributed by atoms with Gasteiger partial charge in [0.05, 0.1) is 13.7 Å². The molecule has 0 aliphatic carbocycles. The minimum Gasteiger partial charge on any atom is -0.497 e. The highest BCUT2D eigenvalue weighted by Crippen LogP contribution is 2.46. The number of aryl methyl sites for hydroxylation is 1. The Bertz CT molecular complexity index is 702. The molecular formula is C20H23NO2. The number of fused-ring (bicyclic) bond motifs is 2. The van der Waals surface area contributed by atoms with Gasteiger partial charge in [-0.25, -0.2) is 0 Å². The van der Waals surface area contributed by atoms with Gasteiger partial charge in [0.2, 0.25) is 0 Å². The van der Waals surface area contributed by atoms with Crippen molar-refractivity contribution >= 4 is 5.69 Å². The molecule has 1 atom stereocenters. The van der Waals surface area contributed by atoms with Crippen LogP contribution in [0.15, 0.2) is 42.5 Å². The predicted molar refractivity (Wildman–Crippen MR) is 92.3 cm³/mol. The fraction of sp³-hybridized carbons (Fsp3) is 0.400. The zero-order valence-corrected chi connectivity index (χ0v) is 13.8. The van der Waals surface area contributed by atoms with E-state index < -0.39 is 0 Å². The molecule has 2 heterocycles. The summed E-state index contributed by atoms with van der Waals surface area (Å²) in [6, 6.07) is 15.3. The molecule has 1 fully saturated rings. The highest BCUT2D eigenvalue weighted by molar-refractivity contribution is 5.64. The molecule has 1 spiro atoms. The maximum absolute atomic E-state index is 5.75. The first kappa shape index (κ1) is 14.6. The lowest BCUT2D eigenvalue weighted by atomic mass is 9.81. The molecule has 2 aliphatic heterocycles.